The van der Waals surface area contributed by atoms with Crippen LogP contribution in [0.2, 0.25) is 0 Å². The van der Waals surface area contributed by atoms with Crippen molar-refractivity contribution in [3.05, 3.63) is 17.2 Å². The molecule has 2 fully saturated rings. The number of rotatable bonds is 6. The number of ether oxygens (including phenoxy) is 4. The second-order valence-corrected chi connectivity index (χ2v) is 8.74. The zero-order valence-electron chi connectivity index (χ0n) is 18.3. The summed E-state index contributed by atoms with van der Waals surface area (Å²) in [7, 11) is 0. The van der Waals surface area contributed by atoms with Gasteiger partial charge in [0.25, 0.3) is 0 Å². The number of aliphatic hydroxyl groups excluding tert-OH is 8. The molecule has 0 aromatic carbocycles. The van der Waals surface area contributed by atoms with E-state index in [0.717, 1.165) is 24.0 Å². The van der Waals surface area contributed by atoms with Crippen molar-refractivity contribution in [2.75, 3.05) is 13.2 Å². The Morgan fingerprint density at radius 1 is 0.735 bits per heavy atom. The standard InChI is InChI=1S/C21H31NO12/c23-6-10-13(25)15(27)17(29)20(31-10)33-12-5-8-3-1-2-4-9(8)19(22-12)34-21-18(30)16(28)14(26)11(7-24)32-21/h5,10-11,13-18,20-21,23-30H,1-4,6-7H2/t10?,11?,13-,14-,15+,16+,17?,18?,20+,21+/m1/s1. The van der Waals surface area contributed by atoms with E-state index in [4.69, 9.17) is 18.9 Å². The maximum absolute atomic E-state index is 10.3. The van der Waals surface area contributed by atoms with E-state index < -0.39 is 74.6 Å². The summed E-state index contributed by atoms with van der Waals surface area (Å²) in [5, 5.41) is 79.4. The van der Waals surface area contributed by atoms with Gasteiger partial charge in [-0.25, -0.2) is 0 Å². The molecule has 34 heavy (non-hydrogen) atoms. The van der Waals surface area contributed by atoms with Crippen LogP contribution in [-0.4, -0.2) is 120 Å². The lowest BCUT2D eigenvalue weighted by molar-refractivity contribution is -0.280. The minimum absolute atomic E-state index is 0.0288. The first-order chi connectivity index (χ1) is 16.2. The molecular formula is C21H31NO12. The van der Waals surface area contributed by atoms with Crippen LogP contribution in [0.3, 0.4) is 0 Å². The molecule has 1 aromatic rings. The van der Waals surface area contributed by atoms with Crippen molar-refractivity contribution in [1.29, 1.82) is 0 Å². The summed E-state index contributed by atoms with van der Waals surface area (Å²) in [5.74, 6) is -0.0225. The maximum Gasteiger partial charge on any atom is 0.231 e. The largest absolute Gasteiger partial charge is 0.445 e. The number of aromatic nitrogens is 1. The first kappa shape index (κ1) is 25.4. The molecule has 10 atom stereocenters. The van der Waals surface area contributed by atoms with Gasteiger partial charge in [0.05, 0.1) is 13.2 Å². The SMILES string of the molecule is OCC1O[C@@H](Oc2cc3c(c(O[C@@H]4OC(CO)[C@@H](O)[C@H](O)C4O)n2)CCCC3)C(O)[C@@H](O)[C@@H]1O. The van der Waals surface area contributed by atoms with Crippen LogP contribution < -0.4 is 9.47 Å². The Morgan fingerprint density at radius 2 is 1.26 bits per heavy atom. The quantitative estimate of drug-likeness (QED) is 0.194. The molecule has 1 aromatic heterocycles. The summed E-state index contributed by atoms with van der Waals surface area (Å²) in [4.78, 5) is 4.29. The number of hydrogen-bond donors (Lipinski definition) is 8. The Hall–Kier alpha value is -1.65. The lowest BCUT2D eigenvalue weighted by atomic mass is 9.93. The summed E-state index contributed by atoms with van der Waals surface area (Å²) in [6.45, 7) is -1.23. The minimum atomic E-state index is -1.63. The van der Waals surface area contributed by atoms with E-state index in [9.17, 15) is 40.9 Å². The molecule has 3 aliphatic rings. The average Bonchev–Trinajstić information content (AvgIpc) is 2.84. The van der Waals surface area contributed by atoms with E-state index in [-0.39, 0.29) is 11.8 Å². The molecule has 0 spiro atoms. The number of pyridine rings is 1. The van der Waals surface area contributed by atoms with Crippen molar-refractivity contribution < 1.29 is 59.8 Å². The highest BCUT2D eigenvalue weighted by Crippen LogP contribution is 2.34. The smallest absolute Gasteiger partial charge is 0.231 e. The Bertz CT molecular complexity index is 838. The summed E-state index contributed by atoms with van der Waals surface area (Å²) < 4.78 is 22.2. The summed E-state index contributed by atoms with van der Waals surface area (Å²) in [6, 6.07) is 1.62. The Labute approximate surface area is 194 Å². The van der Waals surface area contributed by atoms with Crippen molar-refractivity contribution in [2.24, 2.45) is 0 Å². The maximum atomic E-state index is 10.3. The molecule has 8 N–H and O–H groups in total. The first-order valence-electron chi connectivity index (χ1n) is 11.2. The molecule has 4 rings (SSSR count). The molecule has 13 nitrogen and oxygen atoms in total. The third-order valence-electron chi connectivity index (χ3n) is 6.44. The van der Waals surface area contributed by atoms with E-state index in [1.165, 1.54) is 0 Å². The predicted molar refractivity (Wildman–Crippen MR) is 110 cm³/mol. The van der Waals surface area contributed by atoms with E-state index >= 15 is 0 Å². The molecule has 192 valence electrons. The molecule has 0 radical (unpaired) electrons. The highest BCUT2D eigenvalue weighted by molar-refractivity contribution is 5.40. The van der Waals surface area contributed by atoms with E-state index in [1.807, 2.05) is 0 Å². The number of hydrogen-bond acceptors (Lipinski definition) is 13. The van der Waals surface area contributed by atoms with Gasteiger partial charge in [0.15, 0.2) is 0 Å². The summed E-state index contributed by atoms with van der Waals surface area (Å²) >= 11 is 0. The molecule has 3 heterocycles. The summed E-state index contributed by atoms with van der Waals surface area (Å²) in [5.41, 5.74) is 1.55. The van der Waals surface area contributed by atoms with Gasteiger partial charge in [0, 0.05) is 11.6 Å². The molecular weight excluding hydrogens is 458 g/mol. The molecule has 0 amide bonds. The van der Waals surface area contributed by atoms with E-state index in [2.05, 4.69) is 4.98 Å². The first-order valence-corrected chi connectivity index (χ1v) is 11.2. The van der Waals surface area contributed by atoms with E-state index in [0.29, 0.717) is 12.8 Å². The molecule has 4 unspecified atom stereocenters. The van der Waals surface area contributed by atoms with Crippen LogP contribution >= 0.6 is 0 Å². The van der Waals surface area contributed by atoms with Crippen molar-refractivity contribution in [3.8, 4) is 11.8 Å². The van der Waals surface area contributed by atoms with Gasteiger partial charge < -0.3 is 59.8 Å². The monoisotopic (exact) mass is 489 g/mol. The topological polar surface area (TPSA) is 212 Å². The molecule has 0 bridgehead atoms. The predicted octanol–water partition coefficient (Wildman–Crippen LogP) is -3.68. The fourth-order valence-corrected chi connectivity index (χ4v) is 4.40. The lowest BCUT2D eigenvalue weighted by Crippen LogP contribution is -2.60. The third-order valence-corrected chi connectivity index (χ3v) is 6.44. The zero-order chi connectivity index (χ0) is 24.6. The van der Waals surface area contributed by atoms with Crippen LogP contribution in [-0.2, 0) is 22.3 Å². The second-order valence-electron chi connectivity index (χ2n) is 8.74. The zero-order valence-corrected chi connectivity index (χ0v) is 18.3. The molecule has 0 saturated carbocycles. The minimum Gasteiger partial charge on any atom is -0.445 e. The number of aliphatic hydroxyl groups is 8. The lowest BCUT2D eigenvalue weighted by Gasteiger charge is -2.40. The van der Waals surface area contributed by atoms with Crippen molar-refractivity contribution in [3.63, 3.8) is 0 Å². The number of fused-ring (bicyclic) bond motifs is 1. The van der Waals surface area contributed by atoms with Crippen LogP contribution in [0.15, 0.2) is 6.07 Å². The van der Waals surface area contributed by atoms with Gasteiger partial charge >= 0.3 is 0 Å². The Morgan fingerprint density at radius 3 is 1.82 bits per heavy atom. The molecule has 2 saturated heterocycles. The highest BCUT2D eigenvalue weighted by Gasteiger charge is 2.46. The average molecular weight is 489 g/mol. The van der Waals surface area contributed by atoms with Crippen LogP contribution in [0, 0.1) is 0 Å². The molecule has 13 heteroatoms. The van der Waals surface area contributed by atoms with Gasteiger partial charge in [-0.3, -0.25) is 0 Å². The van der Waals surface area contributed by atoms with Gasteiger partial charge in [-0.1, -0.05) is 0 Å². The molecule has 1 aliphatic carbocycles. The van der Waals surface area contributed by atoms with Crippen molar-refractivity contribution in [1.82, 2.24) is 4.98 Å². The Kier molecular flexibility index (Phi) is 7.89. The van der Waals surface area contributed by atoms with Crippen LogP contribution in [0.25, 0.3) is 0 Å². The van der Waals surface area contributed by atoms with Crippen LogP contribution in [0.4, 0.5) is 0 Å². The van der Waals surface area contributed by atoms with Crippen LogP contribution in [0.5, 0.6) is 11.8 Å². The summed E-state index contributed by atoms with van der Waals surface area (Å²) in [6.07, 6.45) is -11.8. The van der Waals surface area contributed by atoms with Gasteiger partial charge in [-0.15, -0.1) is 0 Å². The number of nitrogens with zero attached hydrogens (tertiary/aromatic N) is 1. The fraction of sp³-hybridized carbons (Fsp3) is 0.762. The van der Waals surface area contributed by atoms with Gasteiger partial charge in [-0.05, 0) is 31.2 Å². The van der Waals surface area contributed by atoms with E-state index in [1.54, 1.807) is 6.07 Å². The fourth-order valence-electron chi connectivity index (χ4n) is 4.40. The van der Waals surface area contributed by atoms with Crippen molar-refractivity contribution >= 4 is 0 Å². The van der Waals surface area contributed by atoms with Crippen molar-refractivity contribution in [2.45, 2.75) is 87.1 Å². The third kappa shape index (κ3) is 4.86. The van der Waals surface area contributed by atoms with Gasteiger partial charge in [0.1, 0.15) is 48.8 Å². The van der Waals surface area contributed by atoms with Gasteiger partial charge in [-0.2, -0.15) is 4.98 Å². The van der Waals surface area contributed by atoms with Crippen LogP contribution in [0.1, 0.15) is 24.0 Å². The Balaban J connectivity index is 1.59. The van der Waals surface area contributed by atoms with Gasteiger partial charge in [0.2, 0.25) is 24.3 Å². The molecule has 2 aliphatic heterocycles. The number of aryl methyl sites for hydroxylation is 1. The highest BCUT2D eigenvalue weighted by atomic mass is 16.7. The normalized spacial score (nSPS) is 40.5. The second kappa shape index (κ2) is 10.5.